The van der Waals surface area contributed by atoms with E-state index in [9.17, 15) is 4.79 Å². The largest absolute Gasteiger partial charge is 0.295 e. The fraction of sp³-hybridized carbons (Fsp3) is 0.188. The molecule has 0 radical (unpaired) electrons. The summed E-state index contributed by atoms with van der Waals surface area (Å²) in [6, 6.07) is 15.9. The van der Waals surface area contributed by atoms with E-state index < -0.39 is 0 Å². The molecule has 0 unspecified atom stereocenters. The summed E-state index contributed by atoms with van der Waals surface area (Å²) in [6.45, 7) is 1.19. The van der Waals surface area contributed by atoms with Gasteiger partial charge in [-0.15, -0.1) is 0 Å². The van der Waals surface area contributed by atoms with Crippen LogP contribution < -0.4 is 0 Å². The van der Waals surface area contributed by atoms with Crippen molar-refractivity contribution < 1.29 is 4.79 Å². The Bertz CT molecular complexity index is 580. The van der Waals surface area contributed by atoms with Crippen LogP contribution in [0.2, 0.25) is 0 Å². The molecule has 0 aliphatic heterocycles. The second kappa shape index (κ2) is 7.33. The molecular formula is C16H15BrINO. The van der Waals surface area contributed by atoms with Crippen molar-refractivity contribution in [1.29, 1.82) is 0 Å². The van der Waals surface area contributed by atoms with E-state index in [0.717, 1.165) is 20.2 Å². The smallest absolute Gasteiger partial charge is 0.176 e. The van der Waals surface area contributed by atoms with Crippen LogP contribution in [0.3, 0.4) is 0 Å². The van der Waals surface area contributed by atoms with Gasteiger partial charge in [0.05, 0.1) is 6.54 Å². The highest BCUT2D eigenvalue weighted by Gasteiger charge is 2.09. The maximum Gasteiger partial charge on any atom is 0.176 e. The molecule has 0 bridgehead atoms. The Kier molecular flexibility index (Phi) is 5.74. The van der Waals surface area contributed by atoms with Gasteiger partial charge < -0.3 is 0 Å². The van der Waals surface area contributed by atoms with Gasteiger partial charge in [0.25, 0.3) is 0 Å². The topological polar surface area (TPSA) is 20.3 Å². The molecule has 0 spiro atoms. The molecule has 2 nitrogen and oxygen atoms in total. The van der Waals surface area contributed by atoms with E-state index in [2.05, 4.69) is 50.7 Å². The molecule has 0 aromatic heterocycles. The molecule has 0 atom stereocenters. The van der Waals surface area contributed by atoms with Crippen LogP contribution in [0.4, 0.5) is 0 Å². The molecule has 0 saturated carbocycles. The second-order valence-electron chi connectivity index (χ2n) is 4.73. The predicted molar refractivity (Wildman–Crippen MR) is 94.0 cm³/mol. The first kappa shape index (κ1) is 15.7. The van der Waals surface area contributed by atoms with Crippen LogP contribution in [0.1, 0.15) is 15.9 Å². The lowest BCUT2D eigenvalue weighted by molar-refractivity contribution is 0.0943. The standard InChI is InChI=1S/C16H15BrINO/c1-19(10-12-2-6-14(17)7-3-12)11-16(20)13-4-8-15(18)9-5-13/h2-9H,10-11H2,1H3. The summed E-state index contributed by atoms with van der Waals surface area (Å²) in [4.78, 5) is 14.2. The monoisotopic (exact) mass is 443 g/mol. The highest BCUT2D eigenvalue weighted by atomic mass is 127. The zero-order valence-electron chi connectivity index (χ0n) is 11.1. The Hall–Kier alpha value is -0.720. The molecule has 0 N–H and O–H groups in total. The number of likely N-dealkylation sites (N-methyl/N-ethyl adjacent to an activating group) is 1. The molecule has 0 saturated heterocycles. The van der Waals surface area contributed by atoms with E-state index in [-0.39, 0.29) is 5.78 Å². The quantitative estimate of drug-likeness (QED) is 0.505. The first-order chi connectivity index (χ1) is 9.54. The highest BCUT2D eigenvalue weighted by molar-refractivity contribution is 14.1. The number of hydrogen-bond acceptors (Lipinski definition) is 2. The van der Waals surface area contributed by atoms with Gasteiger partial charge in [-0.3, -0.25) is 9.69 Å². The van der Waals surface area contributed by atoms with E-state index in [4.69, 9.17) is 0 Å². The average molecular weight is 444 g/mol. The molecule has 0 heterocycles. The third-order valence-electron chi connectivity index (χ3n) is 2.95. The Balaban J connectivity index is 1.93. The van der Waals surface area contributed by atoms with Crippen molar-refractivity contribution >= 4 is 44.3 Å². The predicted octanol–water partition coefficient (Wildman–Crippen LogP) is 4.37. The Labute approximate surface area is 141 Å². The van der Waals surface area contributed by atoms with Gasteiger partial charge in [0.1, 0.15) is 0 Å². The lowest BCUT2D eigenvalue weighted by Crippen LogP contribution is -2.25. The fourth-order valence-electron chi connectivity index (χ4n) is 1.93. The van der Waals surface area contributed by atoms with Crippen molar-refractivity contribution in [2.24, 2.45) is 0 Å². The average Bonchev–Trinajstić information content (AvgIpc) is 2.42. The Morgan fingerprint density at radius 3 is 2.30 bits per heavy atom. The number of benzene rings is 2. The van der Waals surface area contributed by atoms with Crippen molar-refractivity contribution in [2.75, 3.05) is 13.6 Å². The minimum absolute atomic E-state index is 0.154. The van der Waals surface area contributed by atoms with Crippen LogP contribution >= 0.6 is 38.5 Å². The van der Waals surface area contributed by atoms with Crippen LogP contribution in [-0.4, -0.2) is 24.3 Å². The minimum atomic E-state index is 0.154. The third-order valence-corrected chi connectivity index (χ3v) is 4.19. The van der Waals surface area contributed by atoms with Crippen LogP contribution in [-0.2, 0) is 6.54 Å². The van der Waals surface area contributed by atoms with Gasteiger partial charge in [-0.1, -0.05) is 40.2 Å². The van der Waals surface area contributed by atoms with Crippen LogP contribution in [0, 0.1) is 3.57 Å². The van der Waals surface area contributed by atoms with Gasteiger partial charge >= 0.3 is 0 Å². The van der Waals surface area contributed by atoms with E-state index in [1.165, 1.54) is 5.56 Å². The molecule has 2 rings (SSSR count). The molecule has 2 aromatic rings. The van der Waals surface area contributed by atoms with Crippen molar-refractivity contribution in [2.45, 2.75) is 6.54 Å². The molecule has 0 aliphatic rings. The summed E-state index contributed by atoms with van der Waals surface area (Å²) < 4.78 is 2.21. The van der Waals surface area contributed by atoms with Crippen molar-refractivity contribution in [3.63, 3.8) is 0 Å². The maximum atomic E-state index is 12.2. The molecule has 104 valence electrons. The van der Waals surface area contributed by atoms with Gasteiger partial charge in [-0.25, -0.2) is 0 Å². The molecule has 20 heavy (non-hydrogen) atoms. The number of ketones is 1. The summed E-state index contributed by atoms with van der Waals surface area (Å²) >= 11 is 5.66. The lowest BCUT2D eigenvalue weighted by Gasteiger charge is -2.16. The van der Waals surface area contributed by atoms with E-state index in [0.29, 0.717) is 6.54 Å². The van der Waals surface area contributed by atoms with Crippen LogP contribution in [0.15, 0.2) is 53.0 Å². The van der Waals surface area contributed by atoms with Gasteiger partial charge in [-0.2, -0.15) is 0 Å². The van der Waals surface area contributed by atoms with Crippen LogP contribution in [0.5, 0.6) is 0 Å². The highest BCUT2D eigenvalue weighted by Crippen LogP contribution is 2.12. The Morgan fingerprint density at radius 2 is 1.70 bits per heavy atom. The van der Waals surface area contributed by atoms with Gasteiger partial charge in [0, 0.05) is 20.2 Å². The first-order valence-corrected chi connectivity index (χ1v) is 8.13. The summed E-state index contributed by atoms with van der Waals surface area (Å²) in [6.07, 6.45) is 0. The number of carbonyl (C=O) groups is 1. The molecule has 2 aromatic carbocycles. The first-order valence-electron chi connectivity index (χ1n) is 6.26. The summed E-state index contributed by atoms with van der Waals surface area (Å²) in [5, 5.41) is 0. The number of hydrogen-bond donors (Lipinski definition) is 0. The second-order valence-corrected chi connectivity index (χ2v) is 6.89. The molecule has 0 fully saturated rings. The lowest BCUT2D eigenvalue weighted by atomic mass is 10.1. The number of carbonyl (C=O) groups excluding carboxylic acids is 1. The summed E-state index contributed by atoms with van der Waals surface area (Å²) in [5.41, 5.74) is 1.97. The molecule has 0 aliphatic carbocycles. The van der Waals surface area contributed by atoms with Gasteiger partial charge in [0.2, 0.25) is 0 Å². The maximum absolute atomic E-state index is 12.2. The summed E-state index contributed by atoms with van der Waals surface area (Å²) in [5.74, 6) is 0.154. The van der Waals surface area contributed by atoms with Crippen molar-refractivity contribution in [1.82, 2.24) is 4.90 Å². The zero-order valence-corrected chi connectivity index (χ0v) is 14.9. The molecule has 4 heteroatoms. The van der Waals surface area contributed by atoms with E-state index in [1.54, 1.807) is 0 Å². The van der Waals surface area contributed by atoms with Gasteiger partial charge in [0.15, 0.2) is 5.78 Å². The summed E-state index contributed by atoms with van der Waals surface area (Å²) in [7, 11) is 1.96. The van der Waals surface area contributed by atoms with E-state index >= 15 is 0 Å². The van der Waals surface area contributed by atoms with Crippen molar-refractivity contribution in [3.8, 4) is 0 Å². The number of nitrogens with zero attached hydrogens (tertiary/aromatic N) is 1. The fourth-order valence-corrected chi connectivity index (χ4v) is 2.55. The normalized spacial score (nSPS) is 10.8. The number of rotatable bonds is 5. The van der Waals surface area contributed by atoms with Crippen molar-refractivity contribution in [3.05, 3.63) is 67.7 Å². The van der Waals surface area contributed by atoms with Gasteiger partial charge in [-0.05, 0) is 59.5 Å². The SMILES string of the molecule is CN(CC(=O)c1ccc(I)cc1)Cc1ccc(Br)cc1. The molecule has 0 amide bonds. The molecular weight excluding hydrogens is 429 g/mol. The third kappa shape index (κ3) is 4.68. The number of Topliss-reactive ketones (excluding diaryl/α,β-unsaturated/α-hetero) is 1. The Morgan fingerprint density at radius 1 is 1.10 bits per heavy atom. The minimum Gasteiger partial charge on any atom is -0.295 e. The van der Waals surface area contributed by atoms with E-state index in [1.807, 2.05) is 48.3 Å². The van der Waals surface area contributed by atoms with Crippen LogP contribution in [0.25, 0.3) is 0 Å². The zero-order chi connectivity index (χ0) is 14.5. The number of halogens is 2.